The predicted molar refractivity (Wildman–Crippen MR) is 68.0 cm³/mol. The summed E-state index contributed by atoms with van der Waals surface area (Å²) >= 11 is 0. The van der Waals surface area contributed by atoms with Gasteiger partial charge in [0.15, 0.2) is 0 Å². The Balaban J connectivity index is 3.29. The summed E-state index contributed by atoms with van der Waals surface area (Å²) in [6, 6.07) is 0.880. The molecule has 0 saturated carbocycles. The number of rotatable bonds is 5. The zero-order chi connectivity index (χ0) is 16.4. The van der Waals surface area contributed by atoms with Gasteiger partial charge in [0, 0.05) is 17.8 Å². The van der Waals surface area contributed by atoms with E-state index in [1.807, 2.05) is 0 Å². The first kappa shape index (κ1) is 16.7. The zero-order valence-corrected chi connectivity index (χ0v) is 11.1. The molecule has 1 atom stereocenters. The molecule has 2 N–H and O–H groups in total. The number of carbonyl (C=O) groups is 1. The number of anilines is 1. The van der Waals surface area contributed by atoms with Crippen LogP contribution in [-0.4, -0.2) is 22.0 Å². The number of benzene rings is 1. The lowest BCUT2D eigenvalue weighted by atomic mass is 10.0. The molecule has 0 aliphatic carbocycles. The summed E-state index contributed by atoms with van der Waals surface area (Å²) in [7, 11) is 0. The van der Waals surface area contributed by atoms with E-state index in [1.165, 1.54) is 13.8 Å². The minimum absolute atomic E-state index is 0.377. The fourth-order valence-corrected chi connectivity index (χ4v) is 1.69. The highest BCUT2D eigenvalue weighted by Crippen LogP contribution is 2.37. The molecule has 0 aromatic heterocycles. The van der Waals surface area contributed by atoms with Crippen LogP contribution in [0, 0.1) is 16.0 Å². The fourth-order valence-electron chi connectivity index (χ4n) is 1.69. The van der Waals surface area contributed by atoms with Gasteiger partial charge in [-0.25, -0.2) is 4.79 Å². The summed E-state index contributed by atoms with van der Waals surface area (Å²) in [5.74, 6) is -1.78. The molecule has 1 unspecified atom stereocenters. The van der Waals surface area contributed by atoms with Crippen LogP contribution in [-0.2, 0) is 11.0 Å². The third-order valence-electron chi connectivity index (χ3n) is 2.76. The molecule has 0 bridgehead atoms. The second kappa shape index (κ2) is 5.98. The van der Waals surface area contributed by atoms with E-state index in [4.69, 9.17) is 5.11 Å². The monoisotopic (exact) mass is 306 g/mol. The van der Waals surface area contributed by atoms with Gasteiger partial charge in [0.25, 0.3) is 5.69 Å². The standard InChI is InChI=1S/C12H13F3N2O4/c1-6(2)10(11(18)19)16-9-4-3-7(17(20)21)5-8(9)12(13,14)15/h3-6,10,16H,1-2H3,(H,18,19). The number of nitrogens with one attached hydrogen (secondary N) is 1. The molecule has 0 heterocycles. The summed E-state index contributed by atoms with van der Waals surface area (Å²) in [4.78, 5) is 20.6. The van der Waals surface area contributed by atoms with Crippen molar-refractivity contribution in [1.29, 1.82) is 0 Å². The molecule has 0 fully saturated rings. The van der Waals surface area contributed by atoms with Gasteiger partial charge in [0.2, 0.25) is 0 Å². The lowest BCUT2D eigenvalue weighted by molar-refractivity contribution is -0.385. The Morgan fingerprint density at radius 1 is 1.38 bits per heavy atom. The minimum atomic E-state index is -4.84. The van der Waals surface area contributed by atoms with Gasteiger partial charge in [0.1, 0.15) is 6.04 Å². The maximum atomic E-state index is 12.9. The Kier molecular flexibility index (Phi) is 4.77. The van der Waals surface area contributed by atoms with Gasteiger partial charge in [0.05, 0.1) is 10.5 Å². The van der Waals surface area contributed by atoms with E-state index in [0.717, 1.165) is 12.1 Å². The highest BCUT2D eigenvalue weighted by molar-refractivity contribution is 5.78. The van der Waals surface area contributed by atoms with Crippen LogP contribution >= 0.6 is 0 Å². The maximum absolute atomic E-state index is 12.9. The number of hydrogen-bond donors (Lipinski definition) is 2. The van der Waals surface area contributed by atoms with Crippen LogP contribution in [0.3, 0.4) is 0 Å². The smallest absolute Gasteiger partial charge is 0.418 e. The number of nitro benzene ring substituents is 1. The number of nitro groups is 1. The number of carboxylic acids is 1. The summed E-state index contributed by atoms with van der Waals surface area (Å²) in [6.07, 6.45) is -4.84. The van der Waals surface area contributed by atoms with Gasteiger partial charge in [-0.2, -0.15) is 13.2 Å². The van der Waals surface area contributed by atoms with Crippen molar-refractivity contribution in [3.63, 3.8) is 0 Å². The first-order valence-corrected chi connectivity index (χ1v) is 5.89. The quantitative estimate of drug-likeness (QED) is 0.644. The van der Waals surface area contributed by atoms with Gasteiger partial charge < -0.3 is 10.4 Å². The first-order valence-electron chi connectivity index (χ1n) is 5.89. The predicted octanol–water partition coefficient (Wildman–Crippen LogP) is 3.13. The number of non-ortho nitro benzene ring substituents is 1. The number of nitrogens with zero attached hydrogens (tertiary/aromatic N) is 1. The molecule has 0 aliphatic heterocycles. The van der Waals surface area contributed by atoms with Crippen LogP contribution in [0.15, 0.2) is 18.2 Å². The van der Waals surface area contributed by atoms with Crippen molar-refractivity contribution in [3.8, 4) is 0 Å². The summed E-state index contributed by atoms with van der Waals surface area (Å²) in [5, 5.41) is 21.8. The molecule has 9 heteroatoms. The third-order valence-corrected chi connectivity index (χ3v) is 2.76. The molecule has 21 heavy (non-hydrogen) atoms. The SMILES string of the molecule is CC(C)C(Nc1ccc([N+](=O)[O-])cc1C(F)(F)F)C(=O)O. The fraction of sp³-hybridized carbons (Fsp3) is 0.417. The first-order chi connectivity index (χ1) is 9.54. The molecule has 0 spiro atoms. The van der Waals surface area contributed by atoms with Crippen molar-refractivity contribution in [2.24, 2.45) is 5.92 Å². The van der Waals surface area contributed by atoms with Crippen molar-refractivity contribution >= 4 is 17.3 Å². The number of halogens is 3. The minimum Gasteiger partial charge on any atom is -0.480 e. The number of hydrogen-bond acceptors (Lipinski definition) is 4. The third kappa shape index (κ3) is 4.07. The molecule has 0 saturated heterocycles. The van der Waals surface area contributed by atoms with E-state index < -0.39 is 46.0 Å². The number of aliphatic carboxylic acids is 1. The van der Waals surface area contributed by atoms with Crippen LogP contribution in [0.25, 0.3) is 0 Å². The Hall–Kier alpha value is -2.32. The van der Waals surface area contributed by atoms with Gasteiger partial charge in [-0.15, -0.1) is 0 Å². The molecule has 1 rings (SSSR count). The number of carboxylic acid groups (broad SMARTS) is 1. The van der Waals surface area contributed by atoms with E-state index in [-0.39, 0.29) is 0 Å². The van der Waals surface area contributed by atoms with Gasteiger partial charge in [-0.1, -0.05) is 13.8 Å². The summed E-state index contributed by atoms with van der Waals surface area (Å²) in [6.45, 7) is 3.06. The van der Waals surface area contributed by atoms with E-state index in [9.17, 15) is 28.1 Å². The molecular weight excluding hydrogens is 293 g/mol. The molecule has 0 radical (unpaired) electrons. The molecule has 0 amide bonds. The van der Waals surface area contributed by atoms with Crippen molar-refractivity contribution in [1.82, 2.24) is 0 Å². The van der Waals surface area contributed by atoms with Crippen LogP contribution < -0.4 is 5.32 Å². The molecule has 1 aromatic rings. The van der Waals surface area contributed by atoms with E-state index in [2.05, 4.69) is 5.32 Å². The molecular formula is C12H13F3N2O4. The van der Waals surface area contributed by atoms with E-state index in [1.54, 1.807) is 0 Å². The largest absolute Gasteiger partial charge is 0.480 e. The van der Waals surface area contributed by atoms with Crippen LogP contribution in [0.2, 0.25) is 0 Å². The van der Waals surface area contributed by atoms with Crippen molar-refractivity contribution in [2.75, 3.05) is 5.32 Å². The Bertz CT molecular complexity index is 558. The molecule has 6 nitrogen and oxygen atoms in total. The molecule has 0 aliphatic rings. The Morgan fingerprint density at radius 2 is 1.95 bits per heavy atom. The maximum Gasteiger partial charge on any atom is 0.418 e. The molecule has 1 aromatic carbocycles. The molecule has 116 valence electrons. The van der Waals surface area contributed by atoms with Crippen molar-refractivity contribution in [3.05, 3.63) is 33.9 Å². The lowest BCUT2D eigenvalue weighted by Gasteiger charge is -2.21. The second-order valence-electron chi connectivity index (χ2n) is 4.69. The van der Waals surface area contributed by atoms with Crippen molar-refractivity contribution in [2.45, 2.75) is 26.1 Å². The topological polar surface area (TPSA) is 92.5 Å². The summed E-state index contributed by atoms with van der Waals surface area (Å²) < 4.78 is 38.8. The van der Waals surface area contributed by atoms with Crippen molar-refractivity contribution < 1.29 is 28.0 Å². The van der Waals surface area contributed by atoms with E-state index in [0.29, 0.717) is 6.07 Å². The summed E-state index contributed by atoms with van der Waals surface area (Å²) in [5.41, 5.74) is -2.50. The number of alkyl halides is 3. The Labute approximate surface area is 117 Å². The van der Waals surface area contributed by atoms with Crippen LogP contribution in [0.1, 0.15) is 19.4 Å². The normalized spacial score (nSPS) is 13.0. The van der Waals surface area contributed by atoms with Crippen LogP contribution in [0.5, 0.6) is 0 Å². The average molecular weight is 306 g/mol. The van der Waals surface area contributed by atoms with Gasteiger partial charge in [-0.05, 0) is 12.0 Å². The lowest BCUT2D eigenvalue weighted by Crippen LogP contribution is -2.35. The highest BCUT2D eigenvalue weighted by Gasteiger charge is 2.36. The Morgan fingerprint density at radius 3 is 2.33 bits per heavy atom. The second-order valence-corrected chi connectivity index (χ2v) is 4.69. The zero-order valence-electron chi connectivity index (χ0n) is 11.1. The van der Waals surface area contributed by atoms with E-state index >= 15 is 0 Å². The average Bonchev–Trinajstić information content (AvgIpc) is 2.33. The van der Waals surface area contributed by atoms with Gasteiger partial charge in [-0.3, -0.25) is 10.1 Å². The van der Waals surface area contributed by atoms with Crippen LogP contribution in [0.4, 0.5) is 24.5 Å². The van der Waals surface area contributed by atoms with Gasteiger partial charge >= 0.3 is 12.1 Å². The highest BCUT2D eigenvalue weighted by atomic mass is 19.4.